The fourth-order valence-corrected chi connectivity index (χ4v) is 6.35. The van der Waals surface area contributed by atoms with Crippen LogP contribution in [0.5, 0.6) is 5.75 Å². The first kappa shape index (κ1) is 26.2. The zero-order valence-electron chi connectivity index (χ0n) is 22.4. The molecule has 0 aliphatic heterocycles. The summed E-state index contributed by atoms with van der Waals surface area (Å²) in [5.41, 5.74) is 9.82. The number of rotatable bonds is 8. The number of benzene rings is 3. The highest BCUT2D eigenvalue weighted by Crippen LogP contribution is 2.42. The van der Waals surface area contributed by atoms with Crippen molar-refractivity contribution in [1.82, 2.24) is 0 Å². The Morgan fingerprint density at radius 2 is 1.84 bits per heavy atom. The van der Waals surface area contributed by atoms with E-state index in [1.54, 1.807) is 6.07 Å². The van der Waals surface area contributed by atoms with E-state index in [1.165, 1.54) is 27.8 Å². The Kier molecular flexibility index (Phi) is 7.97. The summed E-state index contributed by atoms with van der Waals surface area (Å²) in [6, 6.07) is 20.6. The van der Waals surface area contributed by atoms with Gasteiger partial charge in [-0.3, -0.25) is 4.39 Å². The molecule has 3 aromatic carbocycles. The van der Waals surface area contributed by atoms with Gasteiger partial charge in [0.2, 0.25) is 0 Å². The van der Waals surface area contributed by atoms with Crippen molar-refractivity contribution in [1.29, 1.82) is 0 Å². The first-order chi connectivity index (χ1) is 18.4. The molecular formula is C34H37FO3. The second-order valence-electron chi connectivity index (χ2n) is 11.0. The van der Waals surface area contributed by atoms with E-state index in [1.807, 2.05) is 18.2 Å². The lowest BCUT2D eigenvalue weighted by Crippen LogP contribution is -2.12. The molecule has 0 heterocycles. The largest absolute Gasteiger partial charge is 0.490 e. The fraction of sp³-hybridized carbons (Fsp3) is 0.382. The summed E-state index contributed by atoms with van der Waals surface area (Å²) in [4.78, 5) is 11.7. The molecule has 0 spiro atoms. The van der Waals surface area contributed by atoms with Gasteiger partial charge in [0.15, 0.2) is 0 Å². The Hall–Kier alpha value is -3.40. The minimum absolute atomic E-state index is 0.169. The van der Waals surface area contributed by atoms with Gasteiger partial charge in [-0.25, -0.2) is 4.79 Å². The SMILES string of the molecule is Cc1ccc(C2=C(c3cccc(O[C@@H]4CCC(CCCF)C4)c3)c3ccc(C(=O)O)cc3CCC2)c(C)c1. The number of fused-ring (bicyclic) bond motifs is 1. The molecule has 0 amide bonds. The molecule has 198 valence electrons. The predicted molar refractivity (Wildman–Crippen MR) is 152 cm³/mol. The molecule has 3 nitrogen and oxygen atoms in total. The molecule has 1 saturated carbocycles. The van der Waals surface area contributed by atoms with E-state index in [2.05, 4.69) is 50.2 Å². The van der Waals surface area contributed by atoms with Crippen molar-refractivity contribution in [3.63, 3.8) is 0 Å². The molecule has 4 heteroatoms. The number of hydrogen-bond acceptors (Lipinski definition) is 2. The molecule has 1 N–H and O–H groups in total. The average molecular weight is 513 g/mol. The minimum atomic E-state index is -0.894. The van der Waals surface area contributed by atoms with Crippen LogP contribution in [0.4, 0.5) is 4.39 Å². The molecule has 2 aliphatic rings. The Balaban J connectivity index is 1.57. The quantitative estimate of drug-likeness (QED) is 0.329. The number of halogens is 1. The van der Waals surface area contributed by atoms with E-state index in [0.29, 0.717) is 17.9 Å². The molecule has 0 bridgehead atoms. The van der Waals surface area contributed by atoms with E-state index >= 15 is 0 Å². The third-order valence-corrected chi connectivity index (χ3v) is 8.17. The number of carbonyl (C=O) groups is 1. The molecule has 0 radical (unpaired) electrons. The second kappa shape index (κ2) is 11.6. The third kappa shape index (κ3) is 5.70. The number of allylic oxidation sites excluding steroid dienone is 1. The van der Waals surface area contributed by atoms with Crippen molar-refractivity contribution in [3.05, 3.63) is 99.6 Å². The van der Waals surface area contributed by atoms with Crippen LogP contribution in [-0.2, 0) is 6.42 Å². The summed E-state index contributed by atoms with van der Waals surface area (Å²) in [7, 11) is 0. The van der Waals surface area contributed by atoms with Gasteiger partial charge in [0, 0.05) is 0 Å². The molecular weight excluding hydrogens is 475 g/mol. The Morgan fingerprint density at radius 3 is 2.63 bits per heavy atom. The second-order valence-corrected chi connectivity index (χ2v) is 11.0. The van der Waals surface area contributed by atoms with Crippen molar-refractivity contribution >= 4 is 17.1 Å². The smallest absolute Gasteiger partial charge is 0.335 e. The number of carboxylic acid groups (broad SMARTS) is 1. The first-order valence-corrected chi connectivity index (χ1v) is 13.9. The van der Waals surface area contributed by atoms with E-state index in [4.69, 9.17) is 4.74 Å². The van der Waals surface area contributed by atoms with Gasteiger partial charge in [-0.2, -0.15) is 0 Å². The summed E-state index contributed by atoms with van der Waals surface area (Å²) < 4.78 is 19.1. The molecule has 0 saturated heterocycles. The molecule has 0 aromatic heterocycles. The lowest BCUT2D eigenvalue weighted by atomic mass is 9.85. The van der Waals surface area contributed by atoms with Crippen molar-refractivity contribution in [3.8, 4) is 5.75 Å². The molecule has 38 heavy (non-hydrogen) atoms. The normalized spacial score (nSPS) is 19.2. The number of alkyl halides is 1. The Morgan fingerprint density at radius 1 is 1.00 bits per heavy atom. The van der Waals surface area contributed by atoms with E-state index in [0.717, 1.165) is 67.4 Å². The molecule has 1 unspecified atom stereocenters. The zero-order valence-corrected chi connectivity index (χ0v) is 22.4. The van der Waals surface area contributed by atoms with Crippen LogP contribution in [0.25, 0.3) is 11.1 Å². The summed E-state index contributed by atoms with van der Waals surface area (Å²) in [6.07, 6.45) is 7.57. The van der Waals surface area contributed by atoms with Gasteiger partial charge in [-0.15, -0.1) is 0 Å². The van der Waals surface area contributed by atoms with Gasteiger partial charge in [0.1, 0.15) is 5.75 Å². The summed E-state index contributed by atoms with van der Waals surface area (Å²) in [6.45, 7) is 4.05. The lowest BCUT2D eigenvalue weighted by molar-refractivity contribution is 0.0696. The van der Waals surface area contributed by atoms with E-state index in [9.17, 15) is 14.3 Å². The van der Waals surface area contributed by atoms with E-state index < -0.39 is 5.97 Å². The predicted octanol–water partition coefficient (Wildman–Crippen LogP) is 8.59. The highest BCUT2D eigenvalue weighted by molar-refractivity contribution is 6.01. The maximum Gasteiger partial charge on any atom is 0.335 e. The van der Waals surface area contributed by atoms with Crippen LogP contribution in [0.3, 0.4) is 0 Å². The first-order valence-electron chi connectivity index (χ1n) is 13.9. The van der Waals surface area contributed by atoms with Gasteiger partial charge in [0.05, 0.1) is 18.3 Å². The van der Waals surface area contributed by atoms with Gasteiger partial charge in [-0.05, 0) is 134 Å². The third-order valence-electron chi connectivity index (χ3n) is 8.17. The monoisotopic (exact) mass is 512 g/mol. The van der Waals surface area contributed by atoms with Crippen LogP contribution in [-0.4, -0.2) is 23.9 Å². The minimum Gasteiger partial charge on any atom is -0.490 e. The molecule has 2 atom stereocenters. The lowest BCUT2D eigenvalue weighted by Gasteiger charge is -2.20. The highest BCUT2D eigenvalue weighted by Gasteiger charge is 2.27. The van der Waals surface area contributed by atoms with Crippen LogP contribution >= 0.6 is 0 Å². The van der Waals surface area contributed by atoms with Crippen LogP contribution in [0.1, 0.15) is 88.7 Å². The van der Waals surface area contributed by atoms with Gasteiger partial charge >= 0.3 is 5.97 Å². The number of hydrogen-bond donors (Lipinski definition) is 1. The molecule has 2 aliphatic carbocycles. The highest BCUT2D eigenvalue weighted by atomic mass is 19.1. The zero-order chi connectivity index (χ0) is 26.6. The summed E-state index contributed by atoms with van der Waals surface area (Å²) in [5.74, 6) is 0.517. The Labute approximate surface area is 225 Å². The molecule has 5 rings (SSSR count). The van der Waals surface area contributed by atoms with Crippen molar-refractivity contribution in [2.24, 2.45) is 5.92 Å². The maximum atomic E-state index is 12.6. The van der Waals surface area contributed by atoms with Crippen molar-refractivity contribution < 1.29 is 19.0 Å². The Bertz CT molecular complexity index is 1360. The number of ether oxygens (including phenoxy) is 1. The number of aryl methyl sites for hydroxylation is 3. The topological polar surface area (TPSA) is 46.5 Å². The average Bonchev–Trinajstić information content (AvgIpc) is 3.25. The van der Waals surface area contributed by atoms with Gasteiger partial charge in [-0.1, -0.05) is 42.0 Å². The number of carboxylic acids is 1. The fourth-order valence-electron chi connectivity index (χ4n) is 6.35. The van der Waals surface area contributed by atoms with Gasteiger partial charge < -0.3 is 9.84 Å². The summed E-state index contributed by atoms with van der Waals surface area (Å²) in [5, 5.41) is 9.62. The van der Waals surface area contributed by atoms with Crippen LogP contribution in [0, 0.1) is 19.8 Å². The van der Waals surface area contributed by atoms with Crippen LogP contribution < -0.4 is 4.74 Å². The van der Waals surface area contributed by atoms with Crippen LogP contribution in [0.15, 0.2) is 60.7 Å². The van der Waals surface area contributed by atoms with E-state index in [-0.39, 0.29) is 12.8 Å². The molecule has 3 aromatic rings. The van der Waals surface area contributed by atoms with Crippen molar-refractivity contribution in [2.75, 3.05) is 6.67 Å². The van der Waals surface area contributed by atoms with Crippen LogP contribution in [0.2, 0.25) is 0 Å². The van der Waals surface area contributed by atoms with Crippen molar-refractivity contribution in [2.45, 2.75) is 71.3 Å². The summed E-state index contributed by atoms with van der Waals surface area (Å²) >= 11 is 0. The standard InChI is InChI=1S/C34H37FO3/c1-22-11-15-30(23(2)18-22)32-10-4-7-25-20-27(34(36)37)13-16-31(25)33(32)26-8-3-9-28(21-26)38-29-14-12-24(19-29)6-5-17-35/h3,8-9,11,13,15-16,18,20-21,24,29H,4-7,10,12,14,17,19H2,1-2H3,(H,36,37)/t24?,29-/m1/s1. The number of aromatic carboxylic acids is 1. The molecule has 1 fully saturated rings. The van der Waals surface area contributed by atoms with Gasteiger partial charge in [0.25, 0.3) is 0 Å². The maximum absolute atomic E-state index is 12.6.